The third-order valence-electron chi connectivity index (χ3n) is 2.48. The number of hydrogen-bond acceptors (Lipinski definition) is 3. The van der Waals surface area contributed by atoms with Gasteiger partial charge < -0.3 is 14.4 Å². The monoisotopic (exact) mass is 350 g/mol. The molecule has 0 aromatic heterocycles. The van der Waals surface area contributed by atoms with Crippen LogP contribution in [-0.4, -0.2) is 38.9 Å². The summed E-state index contributed by atoms with van der Waals surface area (Å²) in [6.45, 7) is 12.9. The van der Waals surface area contributed by atoms with Crippen molar-refractivity contribution in [2.45, 2.75) is 59.3 Å². The molecule has 0 unspecified atom stereocenters. The van der Waals surface area contributed by atoms with Crippen LogP contribution in [0, 0.1) is 0 Å². The van der Waals surface area contributed by atoms with Gasteiger partial charge in [-0.05, 0) is 37.7 Å². The van der Waals surface area contributed by atoms with Gasteiger partial charge in [0, 0.05) is 16.5 Å². The second-order valence-electron chi connectivity index (χ2n) is 3.90. The van der Waals surface area contributed by atoms with Crippen molar-refractivity contribution in [3.05, 3.63) is 0 Å². The Morgan fingerprint density at radius 1 is 0.600 bits per heavy atom. The minimum atomic E-state index is 0. The summed E-state index contributed by atoms with van der Waals surface area (Å²) in [4.78, 5) is 24.0. The van der Waals surface area contributed by atoms with Crippen LogP contribution in [0.1, 0.15) is 59.3 Å². The van der Waals surface area contributed by atoms with Gasteiger partial charge in [-0.25, -0.2) is 0 Å². The Balaban J connectivity index is -0.0000000940. The number of carbonyl (C=O) groups excluding carboxylic acids is 3. The molecule has 3 nitrogen and oxygen atoms in total. The molecule has 0 saturated heterocycles. The summed E-state index contributed by atoms with van der Waals surface area (Å²) in [6.07, 6.45) is 13.2. The molecule has 0 aromatic rings. The number of carbonyl (C=O) groups is 3. The summed E-state index contributed by atoms with van der Waals surface area (Å²) >= 11 is 0. The molecule has 0 saturated carbocycles. The Morgan fingerprint density at radius 3 is 0.950 bits per heavy atom. The van der Waals surface area contributed by atoms with Gasteiger partial charge in [0.2, 0.25) is 0 Å². The number of unbranched alkanes of at least 4 members (excludes halogenated alkanes) is 3. The van der Waals surface area contributed by atoms with Gasteiger partial charge in [0.15, 0.2) is 0 Å². The van der Waals surface area contributed by atoms with Crippen LogP contribution in [0.5, 0.6) is 0 Å². The predicted octanol–water partition coefficient (Wildman–Crippen LogP) is 4.31. The molecule has 0 aliphatic carbocycles. The first kappa shape index (κ1) is 32.0. The third kappa shape index (κ3) is 36.1. The molecule has 0 atom stereocenters. The van der Waals surface area contributed by atoms with E-state index >= 15 is 0 Å². The van der Waals surface area contributed by atoms with Crippen molar-refractivity contribution in [3.63, 3.8) is 0 Å². The maximum absolute atomic E-state index is 8.00. The van der Waals surface area contributed by atoms with E-state index in [1.807, 2.05) is 20.4 Å². The summed E-state index contributed by atoms with van der Waals surface area (Å²) in [5, 5.41) is 0. The molecule has 0 aliphatic heterocycles. The van der Waals surface area contributed by atoms with Crippen LogP contribution in [0.4, 0.5) is 0 Å². The molecular weight excluding hydrogens is 318 g/mol. The Labute approximate surface area is 137 Å². The molecule has 5 heteroatoms. The first-order chi connectivity index (χ1) is 9.35. The van der Waals surface area contributed by atoms with E-state index in [0.717, 1.165) is 0 Å². The van der Waals surface area contributed by atoms with Gasteiger partial charge >= 0.3 is 0 Å². The summed E-state index contributed by atoms with van der Waals surface area (Å²) < 4.78 is 0. The zero-order valence-electron chi connectivity index (χ0n) is 13.5. The van der Waals surface area contributed by atoms with E-state index in [-0.39, 0.29) is 16.5 Å². The first-order valence-corrected chi connectivity index (χ1v) is 8.83. The predicted molar refractivity (Wildman–Crippen MR) is 87.6 cm³/mol. The molecule has 0 radical (unpaired) electrons. The van der Waals surface area contributed by atoms with Gasteiger partial charge in [-0.2, -0.15) is 0 Å². The molecule has 0 spiro atoms. The van der Waals surface area contributed by atoms with Crippen molar-refractivity contribution in [3.8, 4) is 0 Å². The van der Waals surface area contributed by atoms with Gasteiger partial charge in [-0.1, -0.05) is 40.0 Å². The Hall–Kier alpha value is -0.0665. The maximum atomic E-state index is 8.00. The Kier molecular flexibility index (Phi) is 68.5. The molecule has 0 N–H and O–H groups in total. The number of rotatable bonds is 9. The quantitative estimate of drug-likeness (QED) is 0.459. The normalized spacial score (nSPS) is 7.80. The van der Waals surface area contributed by atoms with Gasteiger partial charge in [0.05, 0.1) is 0 Å². The minimum Gasteiger partial charge on any atom is -0.307 e. The van der Waals surface area contributed by atoms with E-state index in [1.165, 1.54) is 38.5 Å². The average molecular weight is 351 g/mol. The van der Waals surface area contributed by atoms with Gasteiger partial charge in [-0.15, -0.1) is 7.92 Å². The fraction of sp³-hybridized carbons (Fsp3) is 0.800. The summed E-state index contributed by atoms with van der Waals surface area (Å²) in [6, 6.07) is 0. The maximum Gasteiger partial charge on any atom is 0.106 e. The van der Waals surface area contributed by atoms with Crippen molar-refractivity contribution in [2.75, 3.05) is 18.5 Å². The second kappa shape index (κ2) is 42.8. The molecule has 126 valence electrons. The molecule has 0 aromatic carbocycles. The fourth-order valence-corrected chi connectivity index (χ4v) is 4.44. The molecule has 0 heterocycles. The summed E-state index contributed by atoms with van der Waals surface area (Å²) in [5.74, 6) is 0. The Bertz CT molecular complexity index is 117. The van der Waals surface area contributed by atoms with E-state index in [1.54, 1.807) is 18.5 Å². The van der Waals surface area contributed by atoms with Crippen molar-refractivity contribution in [1.29, 1.82) is 0 Å². The van der Waals surface area contributed by atoms with E-state index in [2.05, 4.69) is 20.8 Å². The van der Waals surface area contributed by atoms with Crippen LogP contribution < -0.4 is 0 Å². The SMILES string of the molecule is C=O.C=O.C=O.CCCCP(CCCC)CCCC.[Ni]. The molecule has 0 fully saturated rings. The van der Waals surface area contributed by atoms with Gasteiger partial charge in [-0.3, -0.25) is 0 Å². The van der Waals surface area contributed by atoms with Crippen LogP contribution in [-0.2, 0) is 30.9 Å². The number of hydrogen-bond donors (Lipinski definition) is 0. The first-order valence-electron chi connectivity index (χ1n) is 6.94. The second-order valence-corrected chi connectivity index (χ2v) is 6.59. The van der Waals surface area contributed by atoms with E-state index in [9.17, 15) is 0 Å². The van der Waals surface area contributed by atoms with Crippen LogP contribution >= 0.6 is 7.92 Å². The fourth-order valence-electron chi connectivity index (χ4n) is 1.48. The topological polar surface area (TPSA) is 51.2 Å². The Morgan fingerprint density at radius 2 is 0.800 bits per heavy atom. The third-order valence-corrected chi connectivity index (χ3v) is 5.33. The van der Waals surface area contributed by atoms with Gasteiger partial charge in [0.25, 0.3) is 0 Å². The smallest absolute Gasteiger partial charge is 0.106 e. The van der Waals surface area contributed by atoms with E-state index in [0.29, 0.717) is 7.92 Å². The summed E-state index contributed by atoms with van der Waals surface area (Å²) in [5.41, 5.74) is 0. The van der Waals surface area contributed by atoms with Crippen LogP contribution in [0.15, 0.2) is 0 Å². The standard InChI is InChI=1S/C12H27P.3CH2O.Ni/c1-4-7-10-13(11-8-5-2)12-9-6-3;3*1-2;/h4-12H2,1-3H3;3*1H2;. The molecule has 0 amide bonds. The summed E-state index contributed by atoms with van der Waals surface area (Å²) in [7, 11) is 0.422. The zero-order chi connectivity index (χ0) is 15.9. The van der Waals surface area contributed by atoms with Crippen molar-refractivity contribution in [1.82, 2.24) is 0 Å². The molecule has 0 bridgehead atoms. The molecular formula is C15H33NiO3P. The van der Waals surface area contributed by atoms with Gasteiger partial charge in [0.1, 0.15) is 20.4 Å². The van der Waals surface area contributed by atoms with Crippen molar-refractivity contribution >= 4 is 28.3 Å². The average Bonchev–Trinajstić information content (AvgIpc) is 2.52. The van der Waals surface area contributed by atoms with Crippen molar-refractivity contribution in [2.24, 2.45) is 0 Å². The van der Waals surface area contributed by atoms with Crippen LogP contribution in [0.25, 0.3) is 0 Å². The molecule has 20 heavy (non-hydrogen) atoms. The molecule has 0 aliphatic rings. The van der Waals surface area contributed by atoms with E-state index in [4.69, 9.17) is 14.4 Å². The largest absolute Gasteiger partial charge is 0.307 e. The van der Waals surface area contributed by atoms with Crippen LogP contribution in [0.3, 0.4) is 0 Å². The van der Waals surface area contributed by atoms with E-state index < -0.39 is 0 Å². The van der Waals surface area contributed by atoms with Crippen molar-refractivity contribution < 1.29 is 30.9 Å². The van der Waals surface area contributed by atoms with Crippen LogP contribution in [0.2, 0.25) is 0 Å². The zero-order valence-corrected chi connectivity index (χ0v) is 15.4. The minimum absolute atomic E-state index is 0. The molecule has 0 rings (SSSR count).